The van der Waals surface area contributed by atoms with Crippen molar-refractivity contribution in [2.75, 3.05) is 16.8 Å². The fraction of sp³-hybridized carbons (Fsp3) is 0.190. The van der Waals surface area contributed by atoms with Crippen LogP contribution in [0.5, 0.6) is 0 Å². The molecule has 156 valence electrons. The monoisotopic (exact) mass is 466 g/mol. The van der Waals surface area contributed by atoms with Gasteiger partial charge in [-0.15, -0.1) is 0 Å². The minimum atomic E-state index is -0.708. The van der Waals surface area contributed by atoms with Crippen molar-refractivity contribution in [3.8, 4) is 0 Å². The van der Waals surface area contributed by atoms with Crippen LogP contribution in [0.25, 0.3) is 0 Å². The number of esters is 1. The standard InChI is InChI=1S/C21H17Cl3N2O4/c1-2-3-9-30-21(29)12-5-4-6-14(10-12)26-19(27)17(24)18(20(26)28)25-13-7-8-15(22)16(23)11-13/h4-8,10-11,25H,2-3,9H2,1H3. The topological polar surface area (TPSA) is 75.7 Å². The summed E-state index contributed by atoms with van der Waals surface area (Å²) in [4.78, 5) is 38.6. The number of imide groups is 1. The van der Waals surface area contributed by atoms with Crippen molar-refractivity contribution < 1.29 is 19.1 Å². The Kier molecular flexibility index (Phi) is 7.02. The van der Waals surface area contributed by atoms with E-state index < -0.39 is 17.8 Å². The zero-order valence-electron chi connectivity index (χ0n) is 15.9. The van der Waals surface area contributed by atoms with Crippen molar-refractivity contribution in [1.29, 1.82) is 0 Å². The third kappa shape index (κ3) is 4.61. The Morgan fingerprint density at radius 2 is 1.80 bits per heavy atom. The number of halogens is 3. The van der Waals surface area contributed by atoms with E-state index in [0.29, 0.717) is 17.3 Å². The van der Waals surface area contributed by atoms with E-state index in [1.807, 2.05) is 6.92 Å². The van der Waals surface area contributed by atoms with Crippen LogP contribution in [0, 0.1) is 0 Å². The van der Waals surface area contributed by atoms with Gasteiger partial charge in [-0.1, -0.05) is 54.2 Å². The second-order valence-electron chi connectivity index (χ2n) is 6.43. The molecule has 0 atom stereocenters. The van der Waals surface area contributed by atoms with Gasteiger partial charge in [-0.25, -0.2) is 9.69 Å². The molecule has 1 aliphatic heterocycles. The Balaban J connectivity index is 1.82. The first-order chi connectivity index (χ1) is 14.3. The Bertz CT molecular complexity index is 1050. The number of hydrogen-bond acceptors (Lipinski definition) is 5. The lowest BCUT2D eigenvalue weighted by molar-refractivity contribution is -0.120. The second kappa shape index (κ2) is 9.51. The summed E-state index contributed by atoms with van der Waals surface area (Å²) in [5, 5.41) is 3.16. The van der Waals surface area contributed by atoms with Crippen LogP contribution in [0.1, 0.15) is 30.1 Å². The fourth-order valence-electron chi connectivity index (χ4n) is 2.73. The maximum absolute atomic E-state index is 12.9. The number of nitrogens with zero attached hydrogens (tertiary/aromatic N) is 1. The summed E-state index contributed by atoms with van der Waals surface area (Å²) in [5.74, 6) is -1.90. The minimum absolute atomic E-state index is 0.101. The van der Waals surface area contributed by atoms with E-state index >= 15 is 0 Å². The van der Waals surface area contributed by atoms with Gasteiger partial charge in [0.1, 0.15) is 10.7 Å². The number of ether oxygens (including phenoxy) is 1. The van der Waals surface area contributed by atoms with Gasteiger partial charge >= 0.3 is 5.97 Å². The van der Waals surface area contributed by atoms with Crippen LogP contribution < -0.4 is 10.2 Å². The number of rotatable bonds is 7. The highest BCUT2D eigenvalue weighted by molar-refractivity contribution is 6.53. The second-order valence-corrected chi connectivity index (χ2v) is 7.62. The maximum Gasteiger partial charge on any atom is 0.338 e. The highest BCUT2D eigenvalue weighted by Gasteiger charge is 2.39. The molecule has 0 spiro atoms. The lowest BCUT2D eigenvalue weighted by Gasteiger charge is -2.16. The molecule has 1 N–H and O–H groups in total. The highest BCUT2D eigenvalue weighted by atomic mass is 35.5. The van der Waals surface area contributed by atoms with Crippen molar-refractivity contribution >= 4 is 64.0 Å². The summed E-state index contributed by atoms with van der Waals surface area (Å²) >= 11 is 18.0. The van der Waals surface area contributed by atoms with Crippen molar-refractivity contribution in [2.45, 2.75) is 19.8 Å². The zero-order valence-corrected chi connectivity index (χ0v) is 18.1. The van der Waals surface area contributed by atoms with Crippen LogP contribution in [0.3, 0.4) is 0 Å². The summed E-state index contributed by atoms with van der Waals surface area (Å²) in [7, 11) is 0. The van der Waals surface area contributed by atoms with Gasteiger partial charge in [-0.3, -0.25) is 9.59 Å². The summed E-state index contributed by atoms with van der Waals surface area (Å²) in [6, 6.07) is 10.7. The van der Waals surface area contributed by atoms with Gasteiger partial charge in [0.25, 0.3) is 11.8 Å². The molecular formula is C21H17Cl3N2O4. The number of nitrogens with one attached hydrogen (secondary N) is 1. The maximum atomic E-state index is 12.9. The smallest absolute Gasteiger partial charge is 0.338 e. The van der Waals surface area contributed by atoms with Crippen molar-refractivity contribution in [1.82, 2.24) is 0 Å². The number of anilines is 2. The SMILES string of the molecule is CCCCOC(=O)c1cccc(N2C(=O)C(Cl)=C(Nc3ccc(Cl)c(Cl)c3)C2=O)c1. The van der Waals surface area contributed by atoms with Gasteiger partial charge in [-0.05, 0) is 42.8 Å². The Morgan fingerprint density at radius 3 is 2.50 bits per heavy atom. The molecule has 1 heterocycles. The molecule has 0 unspecified atom stereocenters. The molecule has 0 fully saturated rings. The predicted molar refractivity (Wildman–Crippen MR) is 117 cm³/mol. The molecule has 0 aliphatic carbocycles. The number of unbranched alkanes of at least 4 members (excludes halogenated alkanes) is 1. The zero-order chi connectivity index (χ0) is 21.8. The normalized spacial score (nSPS) is 13.8. The molecule has 0 aromatic heterocycles. The van der Waals surface area contributed by atoms with Crippen LogP contribution in [0.15, 0.2) is 53.2 Å². The molecule has 0 saturated carbocycles. The quantitative estimate of drug-likeness (QED) is 0.336. The van der Waals surface area contributed by atoms with Gasteiger partial charge in [0.05, 0.1) is 27.9 Å². The summed E-state index contributed by atoms with van der Waals surface area (Å²) < 4.78 is 5.18. The highest BCUT2D eigenvalue weighted by Crippen LogP contribution is 2.32. The summed E-state index contributed by atoms with van der Waals surface area (Å²) in [6.45, 7) is 2.28. The van der Waals surface area contributed by atoms with E-state index in [0.717, 1.165) is 17.7 Å². The average Bonchev–Trinajstić information content (AvgIpc) is 2.94. The van der Waals surface area contributed by atoms with Crippen molar-refractivity contribution in [3.63, 3.8) is 0 Å². The Labute approximate surface area is 188 Å². The molecular weight excluding hydrogens is 451 g/mol. The molecule has 0 bridgehead atoms. The van der Waals surface area contributed by atoms with E-state index in [2.05, 4.69) is 5.32 Å². The molecule has 2 aromatic carbocycles. The Hall–Kier alpha value is -2.54. The Morgan fingerprint density at radius 1 is 1.03 bits per heavy atom. The molecule has 30 heavy (non-hydrogen) atoms. The molecule has 2 aromatic rings. The number of carbonyl (C=O) groups is 3. The van der Waals surface area contributed by atoms with Crippen LogP contribution in [0.2, 0.25) is 10.0 Å². The third-order valence-corrected chi connectivity index (χ3v) is 5.38. The van der Waals surface area contributed by atoms with E-state index in [4.69, 9.17) is 39.5 Å². The lowest BCUT2D eigenvalue weighted by atomic mass is 10.2. The van der Waals surface area contributed by atoms with E-state index in [9.17, 15) is 14.4 Å². The third-order valence-electron chi connectivity index (χ3n) is 4.29. The van der Waals surface area contributed by atoms with Gasteiger partial charge in [0.15, 0.2) is 0 Å². The number of hydrogen-bond donors (Lipinski definition) is 1. The van der Waals surface area contributed by atoms with E-state index in [1.165, 1.54) is 18.2 Å². The van der Waals surface area contributed by atoms with Crippen LogP contribution >= 0.6 is 34.8 Å². The van der Waals surface area contributed by atoms with Gasteiger partial charge in [0.2, 0.25) is 0 Å². The first-order valence-electron chi connectivity index (χ1n) is 9.11. The minimum Gasteiger partial charge on any atom is -0.462 e. The van der Waals surface area contributed by atoms with Gasteiger partial charge in [0, 0.05) is 5.69 Å². The molecule has 0 saturated heterocycles. The van der Waals surface area contributed by atoms with Crippen LogP contribution in [-0.4, -0.2) is 24.4 Å². The van der Waals surface area contributed by atoms with Gasteiger partial charge in [-0.2, -0.15) is 0 Å². The molecule has 6 nitrogen and oxygen atoms in total. The first kappa shape index (κ1) is 22.2. The van der Waals surface area contributed by atoms with Crippen LogP contribution in [-0.2, 0) is 14.3 Å². The molecule has 1 aliphatic rings. The van der Waals surface area contributed by atoms with E-state index in [1.54, 1.807) is 24.3 Å². The largest absolute Gasteiger partial charge is 0.462 e. The lowest BCUT2D eigenvalue weighted by Crippen LogP contribution is -2.32. The van der Waals surface area contributed by atoms with Crippen LogP contribution in [0.4, 0.5) is 11.4 Å². The van der Waals surface area contributed by atoms with Crippen molar-refractivity contribution in [3.05, 3.63) is 68.8 Å². The predicted octanol–water partition coefficient (Wildman–Crippen LogP) is 5.39. The summed E-state index contributed by atoms with van der Waals surface area (Å²) in [5.41, 5.74) is 0.773. The van der Waals surface area contributed by atoms with E-state index in [-0.39, 0.29) is 27.0 Å². The molecule has 9 heteroatoms. The van der Waals surface area contributed by atoms with Gasteiger partial charge < -0.3 is 10.1 Å². The molecule has 2 amide bonds. The number of amides is 2. The molecule has 0 radical (unpaired) electrons. The average molecular weight is 468 g/mol. The number of carbonyl (C=O) groups excluding carboxylic acids is 3. The fourth-order valence-corrected chi connectivity index (χ4v) is 3.24. The number of benzene rings is 2. The first-order valence-corrected chi connectivity index (χ1v) is 10.2. The van der Waals surface area contributed by atoms with Crippen molar-refractivity contribution in [2.24, 2.45) is 0 Å². The molecule has 3 rings (SSSR count). The summed E-state index contributed by atoms with van der Waals surface area (Å²) in [6.07, 6.45) is 1.64.